The van der Waals surface area contributed by atoms with Crippen molar-refractivity contribution in [2.45, 2.75) is 31.1 Å². The van der Waals surface area contributed by atoms with Gasteiger partial charge in [-0.1, -0.05) is 0 Å². The van der Waals surface area contributed by atoms with Crippen molar-refractivity contribution in [1.29, 1.82) is 0 Å². The zero-order chi connectivity index (χ0) is 11.1. The van der Waals surface area contributed by atoms with E-state index in [0.29, 0.717) is 11.9 Å². The van der Waals surface area contributed by atoms with Gasteiger partial charge in [-0.3, -0.25) is 0 Å². The largest absolute Gasteiger partial charge is 0.331 e. The predicted molar refractivity (Wildman–Crippen MR) is 56.9 cm³/mol. The summed E-state index contributed by atoms with van der Waals surface area (Å²) in [5, 5.41) is -0.599. The van der Waals surface area contributed by atoms with Crippen LogP contribution in [-0.2, 0) is 10.0 Å². The van der Waals surface area contributed by atoms with Gasteiger partial charge in [0.25, 0.3) is 0 Å². The third-order valence-corrected chi connectivity index (χ3v) is 4.46. The van der Waals surface area contributed by atoms with Gasteiger partial charge >= 0.3 is 0 Å². The zero-order valence-electron chi connectivity index (χ0n) is 8.84. The third kappa shape index (κ3) is 1.91. The molecule has 1 N–H and O–H groups in total. The lowest BCUT2D eigenvalue weighted by molar-refractivity contribution is 0.567. The summed E-state index contributed by atoms with van der Waals surface area (Å²) in [6.45, 7) is 1.66. The van der Waals surface area contributed by atoms with E-state index in [1.54, 1.807) is 13.1 Å². The summed E-state index contributed by atoms with van der Waals surface area (Å²) in [6.07, 6.45) is 5.76. The molecular formula is C9H15N3O2S. The van der Waals surface area contributed by atoms with E-state index in [1.165, 1.54) is 7.05 Å². The second kappa shape index (κ2) is 3.61. The first-order chi connectivity index (χ1) is 7.06. The zero-order valence-corrected chi connectivity index (χ0v) is 9.66. The average molecular weight is 229 g/mol. The van der Waals surface area contributed by atoms with E-state index >= 15 is 0 Å². The monoisotopic (exact) mass is 229 g/mol. The summed E-state index contributed by atoms with van der Waals surface area (Å²) in [7, 11) is -1.86. The first kappa shape index (κ1) is 10.6. The number of sulfonamides is 1. The van der Waals surface area contributed by atoms with Crippen molar-refractivity contribution in [3.8, 4) is 0 Å². The molecule has 1 fully saturated rings. The fraction of sp³-hybridized carbons (Fsp3) is 0.667. The summed E-state index contributed by atoms with van der Waals surface area (Å²) >= 11 is 0. The summed E-state index contributed by atoms with van der Waals surface area (Å²) in [5.74, 6) is 0.631. The Morgan fingerprint density at radius 1 is 1.60 bits per heavy atom. The first-order valence-corrected chi connectivity index (χ1v) is 6.56. The summed E-state index contributed by atoms with van der Waals surface area (Å²) in [4.78, 5) is 4.14. The van der Waals surface area contributed by atoms with Gasteiger partial charge in [0.05, 0.1) is 0 Å². The van der Waals surface area contributed by atoms with Crippen LogP contribution in [0.25, 0.3) is 0 Å². The molecule has 0 radical (unpaired) electrons. The lowest BCUT2D eigenvalue weighted by Gasteiger charge is -2.13. The maximum atomic E-state index is 11.6. The molecule has 6 heteroatoms. The molecule has 0 spiro atoms. The van der Waals surface area contributed by atoms with E-state index in [0.717, 1.165) is 12.8 Å². The van der Waals surface area contributed by atoms with Gasteiger partial charge in [-0.15, -0.1) is 0 Å². The summed E-state index contributed by atoms with van der Waals surface area (Å²) in [6, 6.07) is 0.456. The molecule has 1 heterocycles. The molecule has 1 aromatic rings. The van der Waals surface area contributed by atoms with Gasteiger partial charge in [0, 0.05) is 18.4 Å². The van der Waals surface area contributed by atoms with Gasteiger partial charge in [-0.2, -0.15) is 0 Å². The fourth-order valence-electron chi connectivity index (χ4n) is 1.62. The molecule has 0 aromatic carbocycles. The molecular weight excluding hydrogens is 214 g/mol. The van der Waals surface area contributed by atoms with Crippen LogP contribution >= 0.6 is 0 Å². The molecule has 0 unspecified atom stereocenters. The smallest absolute Gasteiger partial charge is 0.221 e. The van der Waals surface area contributed by atoms with Gasteiger partial charge in [0.1, 0.15) is 11.1 Å². The molecule has 0 bridgehead atoms. The Morgan fingerprint density at radius 2 is 2.27 bits per heavy atom. The number of nitrogens with zero attached hydrogens (tertiary/aromatic N) is 2. The highest BCUT2D eigenvalue weighted by Gasteiger charge is 2.31. The van der Waals surface area contributed by atoms with Gasteiger partial charge in [0.15, 0.2) is 0 Å². The highest BCUT2D eigenvalue weighted by Crippen LogP contribution is 2.37. The standard InChI is InChI=1S/C9H15N3O2S/c1-7(15(13,14)10-2)9-11-5-6-12(9)8-3-4-8/h5-8,10H,3-4H2,1-2H3/t7-/m1/s1. The van der Waals surface area contributed by atoms with E-state index < -0.39 is 15.3 Å². The molecule has 1 saturated carbocycles. The summed E-state index contributed by atoms with van der Waals surface area (Å²) < 4.78 is 27.6. The Bertz CT molecular complexity index is 448. The third-order valence-electron chi connectivity index (χ3n) is 2.75. The van der Waals surface area contributed by atoms with E-state index in [2.05, 4.69) is 9.71 Å². The van der Waals surface area contributed by atoms with Gasteiger partial charge in [0.2, 0.25) is 10.0 Å². The molecule has 0 amide bonds. The molecule has 2 rings (SSSR count). The van der Waals surface area contributed by atoms with Crippen LogP contribution in [0.15, 0.2) is 12.4 Å². The topological polar surface area (TPSA) is 64.0 Å². The van der Waals surface area contributed by atoms with Crippen molar-refractivity contribution in [3.05, 3.63) is 18.2 Å². The number of nitrogens with one attached hydrogen (secondary N) is 1. The van der Waals surface area contributed by atoms with Crippen LogP contribution in [0, 0.1) is 0 Å². The predicted octanol–water partition coefficient (Wildman–Crippen LogP) is 0.828. The minimum Gasteiger partial charge on any atom is -0.331 e. The van der Waals surface area contributed by atoms with Crippen molar-refractivity contribution in [1.82, 2.24) is 14.3 Å². The molecule has 1 aliphatic rings. The van der Waals surface area contributed by atoms with E-state index in [1.807, 2.05) is 10.8 Å². The second-order valence-electron chi connectivity index (χ2n) is 3.82. The minimum atomic E-state index is -3.28. The minimum absolute atomic E-state index is 0.456. The van der Waals surface area contributed by atoms with Crippen molar-refractivity contribution in [3.63, 3.8) is 0 Å². The van der Waals surface area contributed by atoms with Crippen molar-refractivity contribution >= 4 is 10.0 Å². The molecule has 84 valence electrons. The Morgan fingerprint density at radius 3 is 2.80 bits per heavy atom. The Kier molecular flexibility index (Phi) is 2.56. The van der Waals surface area contributed by atoms with Crippen LogP contribution < -0.4 is 4.72 Å². The molecule has 1 atom stereocenters. The van der Waals surface area contributed by atoms with Crippen molar-refractivity contribution < 1.29 is 8.42 Å². The van der Waals surface area contributed by atoms with Crippen LogP contribution in [0.5, 0.6) is 0 Å². The van der Waals surface area contributed by atoms with Gasteiger partial charge in [-0.05, 0) is 26.8 Å². The quantitative estimate of drug-likeness (QED) is 0.831. The van der Waals surface area contributed by atoms with E-state index in [4.69, 9.17) is 0 Å². The first-order valence-electron chi connectivity index (χ1n) is 5.01. The van der Waals surface area contributed by atoms with E-state index in [-0.39, 0.29) is 0 Å². The number of imidazole rings is 1. The maximum absolute atomic E-state index is 11.6. The molecule has 0 saturated heterocycles. The van der Waals surface area contributed by atoms with Crippen molar-refractivity contribution in [2.75, 3.05) is 7.05 Å². The number of hydrogen-bond acceptors (Lipinski definition) is 3. The van der Waals surface area contributed by atoms with Crippen LogP contribution in [0.1, 0.15) is 36.9 Å². The Balaban J connectivity index is 2.32. The van der Waals surface area contributed by atoms with Crippen LogP contribution in [-0.4, -0.2) is 25.0 Å². The highest BCUT2D eigenvalue weighted by molar-refractivity contribution is 7.89. The van der Waals surface area contributed by atoms with Crippen LogP contribution in [0.3, 0.4) is 0 Å². The van der Waals surface area contributed by atoms with E-state index in [9.17, 15) is 8.42 Å². The Labute approximate surface area is 89.6 Å². The average Bonchev–Trinajstić information content (AvgIpc) is 2.95. The van der Waals surface area contributed by atoms with Crippen molar-refractivity contribution in [2.24, 2.45) is 0 Å². The normalized spacial score (nSPS) is 19.1. The summed E-state index contributed by atoms with van der Waals surface area (Å²) in [5.41, 5.74) is 0. The lowest BCUT2D eigenvalue weighted by atomic mass is 10.4. The Hall–Kier alpha value is -0.880. The lowest BCUT2D eigenvalue weighted by Crippen LogP contribution is -2.26. The number of aromatic nitrogens is 2. The fourth-order valence-corrected chi connectivity index (χ4v) is 2.43. The molecule has 15 heavy (non-hydrogen) atoms. The molecule has 1 aromatic heterocycles. The second-order valence-corrected chi connectivity index (χ2v) is 6.02. The maximum Gasteiger partial charge on any atom is 0.221 e. The SMILES string of the molecule is CNS(=O)(=O)[C@H](C)c1nccn1C1CC1. The van der Waals surface area contributed by atoms with Crippen LogP contribution in [0.2, 0.25) is 0 Å². The molecule has 0 aliphatic heterocycles. The number of rotatable bonds is 4. The van der Waals surface area contributed by atoms with Gasteiger partial charge < -0.3 is 4.57 Å². The van der Waals surface area contributed by atoms with Crippen LogP contribution in [0.4, 0.5) is 0 Å². The van der Waals surface area contributed by atoms with Gasteiger partial charge in [-0.25, -0.2) is 18.1 Å². The number of hydrogen-bond donors (Lipinski definition) is 1. The molecule has 1 aliphatic carbocycles. The highest BCUT2D eigenvalue weighted by atomic mass is 32.2. The molecule has 5 nitrogen and oxygen atoms in total.